The van der Waals surface area contributed by atoms with Gasteiger partial charge in [-0.1, -0.05) is 30.3 Å². The van der Waals surface area contributed by atoms with Crippen molar-refractivity contribution in [2.45, 2.75) is 19.4 Å². The predicted molar refractivity (Wildman–Crippen MR) is 107 cm³/mol. The molecule has 0 aromatic heterocycles. The highest BCUT2D eigenvalue weighted by Gasteiger charge is 2.49. The van der Waals surface area contributed by atoms with E-state index >= 15 is 0 Å². The van der Waals surface area contributed by atoms with Gasteiger partial charge in [0.2, 0.25) is 5.91 Å². The number of rotatable bonds is 4. The van der Waals surface area contributed by atoms with Crippen molar-refractivity contribution in [1.29, 1.82) is 0 Å². The highest BCUT2D eigenvalue weighted by atomic mass is 127. The fraction of sp³-hybridized carbons (Fsp3) is 0.211. The first kappa shape index (κ1) is 18.4. The Bertz CT molecular complexity index is 899. The molecule has 2 aromatic carbocycles. The molecule has 0 saturated carbocycles. The van der Waals surface area contributed by atoms with Crippen molar-refractivity contribution in [3.8, 4) is 0 Å². The molecule has 0 aliphatic carbocycles. The molecule has 6 nitrogen and oxygen atoms in total. The number of anilines is 1. The molecule has 134 valence electrons. The van der Waals surface area contributed by atoms with Crippen LogP contribution in [-0.4, -0.2) is 29.3 Å². The smallest absolute Gasteiger partial charge is 0.324 e. The minimum absolute atomic E-state index is 0.336. The number of imide groups is 1. The van der Waals surface area contributed by atoms with E-state index in [1.165, 1.54) is 0 Å². The van der Waals surface area contributed by atoms with Crippen molar-refractivity contribution in [1.82, 2.24) is 10.2 Å². The summed E-state index contributed by atoms with van der Waals surface area (Å²) in [5, 5.41) is 5.43. The van der Waals surface area contributed by atoms with Gasteiger partial charge in [0.05, 0.1) is 0 Å². The molecule has 4 amide bonds. The lowest BCUT2D eigenvalue weighted by Crippen LogP contribution is -2.42. The maximum atomic E-state index is 12.9. The number of nitrogens with one attached hydrogen (secondary N) is 2. The SMILES string of the molecule is Cc1ccccc1C1(C)NC(=O)N(CC(=O)Nc2cccc(I)c2)C1=O. The third-order valence-corrected chi connectivity index (χ3v) is 5.04. The highest BCUT2D eigenvalue weighted by molar-refractivity contribution is 14.1. The highest BCUT2D eigenvalue weighted by Crippen LogP contribution is 2.30. The van der Waals surface area contributed by atoms with E-state index in [4.69, 9.17) is 0 Å². The normalized spacial score (nSPS) is 19.4. The topological polar surface area (TPSA) is 78.5 Å². The molecule has 1 unspecified atom stereocenters. The molecule has 26 heavy (non-hydrogen) atoms. The fourth-order valence-electron chi connectivity index (χ4n) is 3.07. The van der Waals surface area contributed by atoms with Crippen LogP contribution in [0.3, 0.4) is 0 Å². The van der Waals surface area contributed by atoms with Crippen molar-refractivity contribution >= 4 is 46.1 Å². The first-order chi connectivity index (χ1) is 12.3. The molecule has 3 rings (SSSR count). The largest absolute Gasteiger partial charge is 0.325 e. The summed E-state index contributed by atoms with van der Waals surface area (Å²) in [6.45, 7) is 3.21. The first-order valence-corrected chi connectivity index (χ1v) is 9.15. The van der Waals surface area contributed by atoms with E-state index in [2.05, 4.69) is 33.2 Å². The first-order valence-electron chi connectivity index (χ1n) is 8.07. The number of hydrogen-bond acceptors (Lipinski definition) is 3. The van der Waals surface area contributed by atoms with E-state index in [0.29, 0.717) is 5.69 Å². The number of carbonyl (C=O) groups is 3. The van der Waals surface area contributed by atoms with Gasteiger partial charge in [0.1, 0.15) is 12.1 Å². The molecule has 1 saturated heterocycles. The summed E-state index contributed by atoms with van der Waals surface area (Å²) in [5.74, 6) is -0.862. The Morgan fingerprint density at radius 2 is 1.92 bits per heavy atom. The van der Waals surface area contributed by atoms with Crippen LogP contribution in [-0.2, 0) is 15.1 Å². The summed E-state index contributed by atoms with van der Waals surface area (Å²) in [6.07, 6.45) is 0. The van der Waals surface area contributed by atoms with Gasteiger partial charge < -0.3 is 10.6 Å². The third-order valence-electron chi connectivity index (χ3n) is 4.37. The molecule has 0 radical (unpaired) electrons. The minimum atomic E-state index is -1.18. The second kappa shape index (κ2) is 7.06. The van der Waals surface area contributed by atoms with Crippen molar-refractivity contribution in [2.75, 3.05) is 11.9 Å². The summed E-state index contributed by atoms with van der Waals surface area (Å²) in [6, 6.07) is 14.1. The van der Waals surface area contributed by atoms with Gasteiger partial charge in [-0.05, 0) is 65.8 Å². The minimum Gasteiger partial charge on any atom is -0.324 e. The molecule has 1 atom stereocenters. The lowest BCUT2D eigenvalue weighted by atomic mass is 9.88. The Balaban J connectivity index is 1.77. The zero-order valence-corrected chi connectivity index (χ0v) is 16.5. The molecule has 1 heterocycles. The average Bonchev–Trinajstić information content (AvgIpc) is 2.79. The quantitative estimate of drug-likeness (QED) is 0.541. The maximum Gasteiger partial charge on any atom is 0.325 e. The standard InChI is InChI=1S/C19H18IN3O3/c1-12-6-3-4-9-15(12)19(2)17(25)23(18(26)22-19)11-16(24)21-14-8-5-7-13(20)10-14/h3-10H,11H2,1-2H3,(H,21,24)(H,22,26). The van der Waals surface area contributed by atoms with E-state index in [1.54, 1.807) is 13.0 Å². The molecular weight excluding hydrogens is 445 g/mol. The lowest BCUT2D eigenvalue weighted by molar-refractivity contribution is -0.133. The summed E-state index contributed by atoms with van der Waals surface area (Å²) < 4.78 is 0.975. The monoisotopic (exact) mass is 463 g/mol. The Hall–Kier alpha value is -2.42. The maximum absolute atomic E-state index is 12.9. The van der Waals surface area contributed by atoms with Crippen molar-refractivity contribution in [2.24, 2.45) is 0 Å². The Kier molecular flexibility index (Phi) is 4.99. The van der Waals surface area contributed by atoms with Crippen LogP contribution in [0, 0.1) is 10.5 Å². The number of hydrogen-bond donors (Lipinski definition) is 2. The molecule has 2 aromatic rings. The van der Waals surface area contributed by atoms with Crippen LogP contribution in [0.15, 0.2) is 48.5 Å². The Labute approximate surface area is 165 Å². The van der Waals surface area contributed by atoms with E-state index in [-0.39, 0.29) is 6.54 Å². The van der Waals surface area contributed by atoms with E-state index in [1.807, 2.05) is 49.4 Å². The van der Waals surface area contributed by atoms with Crippen LogP contribution in [0.5, 0.6) is 0 Å². The Morgan fingerprint density at radius 3 is 2.62 bits per heavy atom. The van der Waals surface area contributed by atoms with Gasteiger partial charge in [0, 0.05) is 9.26 Å². The molecule has 2 N–H and O–H groups in total. The zero-order chi connectivity index (χ0) is 18.9. The van der Waals surface area contributed by atoms with Gasteiger partial charge in [0.15, 0.2) is 0 Å². The third kappa shape index (κ3) is 3.44. The molecular formula is C19H18IN3O3. The molecule has 0 spiro atoms. The zero-order valence-electron chi connectivity index (χ0n) is 14.4. The van der Waals surface area contributed by atoms with Crippen LogP contribution in [0.1, 0.15) is 18.1 Å². The molecule has 7 heteroatoms. The Morgan fingerprint density at radius 1 is 1.19 bits per heavy atom. The number of benzene rings is 2. The summed E-state index contributed by atoms with van der Waals surface area (Å²) in [5.41, 5.74) is 1.06. The van der Waals surface area contributed by atoms with E-state index in [9.17, 15) is 14.4 Å². The van der Waals surface area contributed by atoms with Crippen molar-refractivity contribution < 1.29 is 14.4 Å². The van der Waals surface area contributed by atoms with Crippen LogP contribution in [0.2, 0.25) is 0 Å². The molecule has 1 aliphatic heterocycles. The van der Waals surface area contributed by atoms with Gasteiger partial charge in [-0.25, -0.2) is 4.79 Å². The fourth-order valence-corrected chi connectivity index (χ4v) is 3.61. The van der Waals surface area contributed by atoms with Gasteiger partial charge >= 0.3 is 6.03 Å². The van der Waals surface area contributed by atoms with Crippen LogP contribution in [0.4, 0.5) is 10.5 Å². The molecule has 1 fully saturated rings. The molecule has 0 bridgehead atoms. The second-order valence-corrected chi connectivity index (χ2v) is 7.57. The summed E-state index contributed by atoms with van der Waals surface area (Å²) in [7, 11) is 0. The number of carbonyl (C=O) groups excluding carboxylic acids is 3. The van der Waals surface area contributed by atoms with Gasteiger partial charge in [-0.2, -0.15) is 0 Å². The predicted octanol–water partition coefficient (Wildman–Crippen LogP) is 3.01. The van der Waals surface area contributed by atoms with Gasteiger partial charge in [-0.15, -0.1) is 0 Å². The number of halogens is 1. The van der Waals surface area contributed by atoms with Crippen molar-refractivity contribution in [3.05, 3.63) is 63.2 Å². The number of nitrogens with zero attached hydrogens (tertiary/aromatic N) is 1. The van der Waals surface area contributed by atoms with E-state index < -0.39 is 23.4 Å². The van der Waals surface area contributed by atoms with Gasteiger partial charge in [-0.3, -0.25) is 14.5 Å². The number of urea groups is 1. The van der Waals surface area contributed by atoms with Crippen LogP contribution < -0.4 is 10.6 Å². The average molecular weight is 463 g/mol. The number of aryl methyl sites for hydroxylation is 1. The second-order valence-electron chi connectivity index (χ2n) is 6.32. The number of amides is 4. The summed E-state index contributed by atoms with van der Waals surface area (Å²) >= 11 is 2.14. The lowest BCUT2D eigenvalue weighted by Gasteiger charge is -2.24. The van der Waals surface area contributed by atoms with Crippen LogP contribution >= 0.6 is 22.6 Å². The van der Waals surface area contributed by atoms with E-state index in [0.717, 1.165) is 19.6 Å². The van der Waals surface area contributed by atoms with Crippen molar-refractivity contribution in [3.63, 3.8) is 0 Å². The molecule has 1 aliphatic rings. The summed E-state index contributed by atoms with van der Waals surface area (Å²) in [4.78, 5) is 38.5. The van der Waals surface area contributed by atoms with Gasteiger partial charge in [0.25, 0.3) is 5.91 Å². The van der Waals surface area contributed by atoms with Crippen LogP contribution in [0.25, 0.3) is 0 Å².